The summed E-state index contributed by atoms with van der Waals surface area (Å²) in [4.78, 5) is 10.2. The van der Waals surface area contributed by atoms with Gasteiger partial charge in [-0.1, -0.05) is 103 Å². The Hall–Kier alpha value is -5.52. The minimum atomic E-state index is -0.268. The van der Waals surface area contributed by atoms with Gasteiger partial charge in [0.1, 0.15) is 23.2 Å². The molecule has 5 heteroatoms. The van der Waals surface area contributed by atoms with Crippen LogP contribution in [0, 0.1) is 0 Å². The lowest BCUT2D eigenvalue weighted by molar-refractivity contribution is 0.668. The summed E-state index contributed by atoms with van der Waals surface area (Å²) in [6, 6.07) is 48.6. The molecule has 0 fully saturated rings. The molecule has 2 aromatic heterocycles. The van der Waals surface area contributed by atoms with Crippen LogP contribution in [0.3, 0.4) is 0 Å². The van der Waals surface area contributed by atoms with Gasteiger partial charge in [-0.3, -0.25) is 0 Å². The zero-order valence-electron chi connectivity index (χ0n) is 23.6. The van der Waals surface area contributed by atoms with Gasteiger partial charge in [0, 0.05) is 42.1 Å². The highest BCUT2D eigenvalue weighted by Crippen LogP contribution is 2.39. The number of fused-ring (bicyclic) bond motifs is 6. The maximum Gasteiger partial charge on any atom is 0.160 e. The largest absolute Gasteiger partial charge is 0.456 e. The Kier molecular flexibility index (Phi) is 5.71. The highest BCUT2D eigenvalue weighted by molar-refractivity contribution is 7.25. The number of furan rings is 1. The Bertz CT molecular complexity index is 2420. The van der Waals surface area contributed by atoms with Crippen LogP contribution in [0.4, 0.5) is 0 Å². The molecule has 1 atom stereocenters. The van der Waals surface area contributed by atoms with Gasteiger partial charge in [0.05, 0.1) is 0 Å². The Labute approximate surface area is 257 Å². The minimum Gasteiger partial charge on any atom is -0.456 e. The number of hydrogen-bond acceptors (Lipinski definition) is 5. The average Bonchev–Trinajstić information content (AvgIpc) is 3.66. The van der Waals surface area contributed by atoms with E-state index in [0.717, 1.165) is 50.0 Å². The third kappa shape index (κ3) is 4.13. The number of hydrogen-bond donors (Lipinski definition) is 1. The maximum absolute atomic E-state index is 6.40. The molecule has 1 aliphatic heterocycles. The zero-order chi connectivity index (χ0) is 29.0. The highest BCUT2D eigenvalue weighted by Gasteiger charge is 2.23. The smallest absolute Gasteiger partial charge is 0.160 e. The van der Waals surface area contributed by atoms with Crippen LogP contribution in [-0.2, 0) is 0 Å². The van der Waals surface area contributed by atoms with E-state index in [9.17, 15) is 0 Å². The van der Waals surface area contributed by atoms with Crippen LogP contribution in [0.25, 0.3) is 53.2 Å². The number of nitrogens with one attached hydrogen (secondary N) is 1. The van der Waals surface area contributed by atoms with Crippen LogP contribution in [0.15, 0.2) is 154 Å². The monoisotopic (exact) mass is 583 g/mol. The van der Waals surface area contributed by atoms with Crippen LogP contribution >= 0.6 is 11.3 Å². The quantitative estimate of drug-likeness (QED) is 0.224. The van der Waals surface area contributed by atoms with E-state index >= 15 is 0 Å². The van der Waals surface area contributed by atoms with Crippen molar-refractivity contribution in [3.8, 4) is 11.1 Å². The molecule has 44 heavy (non-hydrogen) atoms. The number of rotatable bonds is 4. The second-order valence-corrected chi connectivity index (χ2v) is 12.1. The fraction of sp³-hybridized carbons (Fsp3) is 0.0256. The molecule has 208 valence electrons. The molecule has 1 unspecified atom stereocenters. The molecule has 4 nitrogen and oxygen atoms in total. The first-order chi connectivity index (χ1) is 21.8. The van der Waals surface area contributed by atoms with Crippen molar-refractivity contribution in [2.75, 3.05) is 0 Å². The van der Waals surface area contributed by atoms with Crippen LogP contribution in [0.1, 0.15) is 22.9 Å². The van der Waals surface area contributed by atoms with E-state index in [1.165, 1.54) is 25.7 Å². The Balaban J connectivity index is 1.22. The predicted molar refractivity (Wildman–Crippen MR) is 184 cm³/mol. The molecule has 0 aliphatic carbocycles. The summed E-state index contributed by atoms with van der Waals surface area (Å²) in [5.74, 6) is 1.48. The summed E-state index contributed by atoms with van der Waals surface area (Å²) in [5.41, 5.74) is 7.05. The second kappa shape index (κ2) is 10.0. The van der Waals surface area contributed by atoms with Crippen molar-refractivity contribution in [2.45, 2.75) is 6.17 Å². The molecular weight excluding hydrogens is 559 g/mol. The summed E-state index contributed by atoms with van der Waals surface area (Å²) >= 11 is 1.84. The molecule has 3 heterocycles. The van der Waals surface area contributed by atoms with Crippen molar-refractivity contribution in [1.29, 1.82) is 0 Å². The van der Waals surface area contributed by atoms with Gasteiger partial charge in [-0.05, 0) is 53.1 Å². The van der Waals surface area contributed by atoms with Crippen molar-refractivity contribution in [1.82, 2.24) is 5.32 Å². The summed E-state index contributed by atoms with van der Waals surface area (Å²) in [5, 5.41) is 8.23. The van der Waals surface area contributed by atoms with E-state index in [0.29, 0.717) is 5.84 Å². The highest BCUT2D eigenvalue weighted by atomic mass is 32.1. The lowest BCUT2D eigenvalue weighted by Crippen LogP contribution is -2.33. The molecule has 0 saturated heterocycles. The Morgan fingerprint density at radius 3 is 2.16 bits per heavy atom. The first kappa shape index (κ1) is 25.0. The van der Waals surface area contributed by atoms with Crippen LogP contribution < -0.4 is 5.32 Å². The van der Waals surface area contributed by atoms with Crippen molar-refractivity contribution in [2.24, 2.45) is 9.98 Å². The molecule has 0 spiro atoms. The van der Waals surface area contributed by atoms with Crippen molar-refractivity contribution in [3.63, 3.8) is 0 Å². The van der Waals surface area contributed by atoms with Crippen LogP contribution in [0.2, 0.25) is 0 Å². The first-order valence-corrected chi connectivity index (χ1v) is 15.5. The fourth-order valence-electron chi connectivity index (χ4n) is 6.22. The summed E-state index contributed by atoms with van der Waals surface area (Å²) in [7, 11) is 0. The number of thiophene rings is 1. The Morgan fingerprint density at radius 1 is 0.568 bits per heavy atom. The van der Waals surface area contributed by atoms with Gasteiger partial charge in [-0.2, -0.15) is 0 Å². The standard InChI is InChI=1S/C39H25N3OS/c1-3-10-24(11-4-1)37-40-38(25-12-5-2-6-13-25)42-39(41-37)29-15-9-16-33-36(29)31-23-26(18-20-32(31)43-33)27-19-21-35-30(22-27)28-14-7-8-17-34(28)44-35/h1-23,37H,(H,40,41,42). The van der Waals surface area contributed by atoms with Gasteiger partial charge < -0.3 is 9.73 Å². The number of benzene rings is 6. The van der Waals surface area contributed by atoms with Crippen molar-refractivity contribution in [3.05, 3.63) is 156 Å². The van der Waals surface area contributed by atoms with E-state index in [1.54, 1.807) is 0 Å². The van der Waals surface area contributed by atoms with E-state index in [2.05, 4.69) is 96.3 Å². The molecule has 0 bridgehead atoms. The summed E-state index contributed by atoms with van der Waals surface area (Å²) in [6.45, 7) is 0. The average molecular weight is 584 g/mol. The predicted octanol–water partition coefficient (Wildman–Crippen LogP) is 10.1. The summed E-state index contributed by atoms with van der Waals surface area (Å²) < 4.78 is 9.01. The van der Waals surface area contributed by atoms with Gasteiger partial charge in [-0.15, -0.1) is 11.3 Å². The number of aliphatic imine (C=N–C) groups is 2. The fourth-order valence-corrected chi connectivity index (χ4v) is 7.30. The SMILES string of the molecule is c1ccc(C2=NC(c3cccc4oc5ccc(-c6ccc7sc8ccccc8c7c6)cc5c34)=NC(c3ccccc3)N2)cc1. The molecule has 9 rings (SSSR count). The number of amidine groups is 2. The van der Waals surface area contributed by atoms with Gasteiger partial charge in [0.2, 0.25) is 0 Å². The van der Waals surface area contributed by atoms with Gasteiger partial charge >= 0.3 is 0 Å². The van der Waals surface area contributed by atoms with Crippen LogP contribution in [0.5, 0.6) is 0 Å². The topological polar surface area (TPSA) is 49.9 Å². The lowest BCUT2D eigenvalue weighted by Gasteiger charge is -2.23. The second-order valence-electron chi connectivity index (χ2n) is 11.0. The first-order valence-electron chi connectivity index (χ1n) is 14.7. The van der Waals surface area contributed by atoms with E-state index < -0.39 is 0 Å². The van der Waals surface area contributed by atoms with Crippen molar-refractivity contribution < 1.29 is 4.42 Å². The zero-order valence-corrected chi connectivity index (χ0v) is 24.4. The lowest BCUT2D eigenvalue weighted by atomic mass is 9.99. The van der Waals surface area contributed by atoms with Crippen molar-refractivity contribution >= 4 is 65.1 Å². The van der Waals surface area contributed by atoms with Crippen LogP contribution in [-0.4, -0.2) is 11.7 Å². The van der Waals surface area contributed by atoms with Gasteiger partial charge in [0.15, 0.2) is 5.84 Å². The Morgan fingerprint density at radius 2 is 1.30 bits per heavy atom. The van der Waals surface area contributed by atoms with E-state index in [4.69, 9.17) is 14.4 Å². The normalized spacial score (nSPS) is 15.0. The third-order valence-corrected chi connectivity index (χ3v) is 9.50. The molecular formula is C39H25N3OS. The minimum absolute atomic E-state index is 0.268. The molecule has 0 saturated carbocycles. The summed E-state index contributed by atoms with van der Waals surface area (Å²) in [6.07, 6.45) is -0.268. The molecule has 0 amide bonds. The maximum atomic E-state index is 6.40. The molecule has 0 radical (unpaired) electrons. The third-order valence-electron chi connectivity index (χ3n) is 8.35. The molecule has 6 aromatic carbocycles. The van der Waals surface area contributed by atoms with Gasteiger partial charge in [0.25, 0.3) is 0 Å². The number of nitrogens with zero attached hydrogens (tertiary/aromatic N) is 2. The van der Waals surface area contributed by atoms with E-state index in [-0.39, 0.29) is 6.17 Å². The van der Waals surface area contributed by atoms with E-state index in [1.807, 2.05) is 59.9 Å². The molecule has 1 N–H and O–H groups in total. The molecule has 8 aromatic rings. The van der Waals surface area contributed by atoms with Gasteiger partial charge in [-0.25, -0.2) is 9.98 Å². The molecule has 1 aliphatic rings.